The zero-order valence-electron chi connectivity index (χ0n) is 10.9. The van der Waals surface area contributed by atoms with E-state index in [2.05, 4.69) is 31.0 Å². The Morgan fingerprint density at radius 2 is 2.12 bits per heavy atom. The summed E-state index contributed by atoms with van der Waals surface area (Å²) in [5.41, 5.74) is 0. The van der Waals surface area contributed by atoms with Gasteiger partial charge in [0.1, 0.15) is 0 Å². The van der Waals surface area contributed by atoms with Crippen molar-refractivity contribution >= 4 is 35.0 Å². The summed E-state index contributed by atoms with van der Waals surface area (Å²) in [6.07, 6.45) is 3.13. The summed E-state index contributed by atoms with van der Waals surface area (Å²) >= 11 is 7.12. The van der Waals surface area contributed by atoms with Crippen molar-refractivity contribution in [2.75, 3.05) is 12.3 Å². The van der Waals surface area contributed by atoms with E-state index >= 15 is 0 Å². The minimum absolute atomic E-state index is 0.0588. The van der Waals surface area contributed by atoms with Crippen molar-refractivity contribution < 1.29 is 4.79 Å². The van der Waals surface area contributed by atoms with E-state index in [1.54, 1.807) is 0 Å². The molecule has 98 valence electrons. The van der Waals surface area contributed by atoms with Crippen molar-refractivity contribution in [2.45, 2.75) is 45.4 Å². The fourth-order valence-corrected chi connectivity index (χ4v) is 3.71. The van der Waals surface area contributed by atoms with E-state index in [-0.39, 0.29) is 17.2 Å². The fraction of sp³-hybridized carbons (Fsp3) is 0.833. The maximum absolute atomic E-state index is 11.9. The van der Waals surface area contributed by atoms with Gasteiger partial charge < -0.3 is 10.2 Å². The van der Waals surface area contributed by atoms with Gasteiger partial charge in [0, 0.05) is 6.54 Å². The lowest BCUT2D eigenvalue weighted by Crippen LogP contribution is -2.58. The van der Waals surface area contributed by atoms with Crippen LogP contribution in [0.5, 0.6) is 0 Å². The molecule has 1 saturated heterocycles. The highest BCUT2D eigenvalue weighted by Gasteiger charge is 2.37. The van der Waals surface area contributed by atoms with Crippen LogP contribution in [0, 0.1) is 5.92 Å². The van der Waals surface area contributed by atoms with Crippen LogP contribution in [-0.2, 0) is 4.79 Å². The number of nitrogens with zero attached hydrogens (tertiary/aromatic N) is 1. The van der Waals surface area contributed by atoms with Crippen molar-refractivity contribution in [2.24, 2.45) is 5.92 Å². The van der Waals surface area contributed by atoms with Gasteiger partial charge in [-0.05, 0) is 30.8 Å². The number of hydrogen-bond acceptors (Lipinski definition) is 3. The van der Waals surface area contributed by atoms with E-state index in [4.69, 9.17) is 12.2 Å². The summed E-state index contributed by atoms with van der Waals surface area (Å²) < 4.78 is 0. The van der Waals surface area contributed by atoms with Gasteiger partial charge in [0.05, 0.1) is 11.3 Å². The normalized spacial score (nSPS) is 25.0. The maximum Gasteiger partial charge on any atom is 0.232 e. The van der Waals surface area contributed by atoms with Crippen LogP contribution in [0.3, 0.4) is 0 Å². The van der Waals surface area contributed by atoms with Crippen molar-refractivity contribution in [3.63, 3.8) is 0 Å². The van der Waals surface area contributed by atoms with Crippen LogP contribution in [0.1, 0.15) is 40.0 Å². The zero-order chi connectivity index (χ0) is 12.8. The summed E-state index contributed by atoms with van der Waals surface area (Å²) in [6, 6.07) is 0. The van der Waals surface area contributed by atoms with Gasteiger partial charge in [-0.1, -0.05) is 27.2 Å². The van der Waals surface area contributed by atoms with E-state index in [1.807, 2.05) is 11.8 Å². The predicted octanol–water partition coefficient (Wildman–Crippen LogP) is 2.61. The van der Waals surface area contributed by atoms with Crippen LogP contribution in [0.2, 0.25) is 0 Å². The lowest BCUT2D eigenvalue weighted by molar-refractivity contribution is -0.125. The maximum atomic E-state index is 11.9. The summed E-state index contributed by atoms with van der Waals surface area (Å²) in [5.74, 6) is 1.17. The third kappa shape index (κ3) is 3.58. The largest absolute Gasteiger partial charge is 0.336 e. The first-order chi connectivity index (χ1) is 8.15. The van der Waals surface area contributed by atoms with Crippen LogP contribution in [0.25, 0.3) is 0 Å². The van der Waals surface area contributed by atoms with E-state index < -0.39 is 0 Å². The minimum Gasteiger partial charge on any atom is -0.336 e. The first-order valence-electron chi connectivity index (χ1n) is 6.38. The number of carbonyl (C=O) groups excluding carboxylic acids is 1. The molecule has 1 amide bonds. The molecule has 0 aromatic carbocycles. The molecule has 1 rings (SSSR count). The monoisotopic (exact) mass is 274 g/mol. The Bertz CT molecular complexity index is 284. The molecule has 1 aliphatic rings. The smallest absolute Gasteiger partial charge is 0.232 e. The minimum atomic E-state index is 0.0588. The molecule has 5 heteroatoms. The number of thioether (sulfide) groups is 1. The molecule has 2 unspecified atom stereocenters. The average Bonchev–Trinajstić information content (AvgIpc) is 2.29. The van der Waals surface area contributed by atoms with Crippen LogP contribution in [0.15, 0.2) is 0 Å². The molecule has 17 heavy (non-hydrogen) atoms. The molecule has 1 N–H and O–H groups in total. The second kappa shape index (κ2) is 7.21. The Balaban J connectivity index is 2.81. The second-order valence-corrected chi connectivity index (χ2v) is 5.98. The average molecular weight is 274 g/mol. The number of hydrogen-bond donors (Lipinski definition) is 1. The van der Waals surface area contributed by atoms with E-state index in [1.165, 1.54) is 0 Å². The number of rotatable bonds is 6. The second-order valence-electron chi connectivity index (χ2n) is 4.20. The van der Waals surface area contributed by atoms with Crippen LogP contribution in [0.4, 0.5) is 0 Å². The summed E-state index contributed by atoms with van der Waals surface area (Å²) in [7, 11) is 0. The molecule has 1 heterocycles. The SMILES string of the molecule is CCCCN1C(=S)NC(=O)C(CC)C1SCC. The standard InChI is InChI=1S/C12H22N2OS2/c1-4-7-8-14-11(17-6-3)9(5-2)10(15)13-12(14)16/h9,11H,4-8H2,1-3H3,(H,13,15,16). The highest BCUT2D eigenvalue weighted by atomic mass is 32.2. The van der Waals surface area contributed by atoms with Crippen molar-refractivity contribution in [3.8, 4) is 0 Å². The third-order valence-corrected chi connectivity index (χ3v) is 4.60. The first-order valence-corrected chi connectivity index (χ1v) is 7.84. The molecule has 1 aliphatic heterocycles. The van der Waals surface area contributed by atoms with Gasteiger partial charge in [-0.2, -0.15) is 0 Å². The Morgan fingerprint density at radius 3 is 2.65 bits per heavy atom. The zero-order valence-corrected chi connectivity index (χ0v) is 12.5. The predicted molar refractivity (Wildman–Crippen MR) is 78.1 cm³/mol. The van der Waals surface area contributed by atoms with E-state index in [0.717, 1.165) is 31.6 Å². The molecular formula is C12H22N2OS2. The number of thiocarbonyl (C=S) groups is 1. The Morgan fingerprint density at radius 1 is 1.41 bits per heavy atom. The molecule has 0 aromatic rings. The summed E-state index contributed by atoms with van der Waals surface area (Å²) in [6.45, 7) is 7.32. The molecule has 0 bridgehead atoms. The number of carbonyl (C=O) groups is 1. The number of nitrogens with one attached hydrogen (secondary N) is 1. The Kier molecular flexibility index (Phi) is 6.27. The quantitative estimate of drug-likeness (QED) is 0.755. The van der Waals surface area contributed by atoms with Crippen LogP contribution < -0.4 is 5.32 Å². The summed E-state index contributed by atoms with van der Waals surface area (Å²) in [5, 5.41) is 3.66. The third-order valence-electron chi connectivity index (χ3n) is 3.01. The van der Waals surface area contributed by atoms with Crippen LogP contribution in [-0.4, -0.2) is 33.6 Å². The highest BCUT2D eigenvalue weighted by Crippen LogP contribution is 2.29. The molecule has 1 fully saturated rings. The van der Waals surface area contributed by atoms with Crippen molar-refractivity contribution in [1.29, 1.82) is 0 Å². The van der Waals surface area contributed by atoms with Crippen LogP contribution >= 0.6 is 24.0 Å². The van der Waals surface area contributed by atoms with Gasteiger partial charge in [-0.25, -0.2) is 0 Å². The molecule has 2 atom stereocenters. The summed E-state index contributed by atoms with van der Waals surface area (Å²) in [4.78, 5) is 14.1. The topological polar surface area (TPSA) is 32.3 Å². The van der Waals surface area contributed by atoms with Crippen molar-refractivity contribution in [3.05, 3.63) is 0 Å². The van der Waals surface area contributed by atoms with E-state index in [0.29, 0.717) is 5.11 Å². The van der Waals surface area contributed by atoms with Gasteiger partial charge >= 0.3 is 0 Å². The lowest BCUT2D eigenvalue weighted by Gasteiger charge is -2.41. The number of amides is 1. The lowest BCUT2D eigenvalue weighted by atomic mass is 10.0. The van der Waals surface area contributed by atoms with Gasteiger partial charge in [-0.3, -0.25) is 4.79 Å². The van der Waals surface area contributed by atoms with Gasteiger partial charge in [0.25, 0.3) is 0 Å². The van der Waals surface area contributed by atoms with Gasteiger partial charge in [-0.15, -0.1) is 11.8 Å². The molecule has 3 nitrogen and oxygen atoms in total. The van der Waals surface area contributed by atoms with Gasteiger partial charge in [0.15, 0.2) is 5.11 Å². The molecule has 0 aliphatic carbocycles. The molecule has 0 aromatic heterocycles. The van der Waals surface area contributed by atoms with E-state index in [9.17, 15) is 4.79 Å². The van der Waals surface area contributed by atoms with Gasteiger partial charge in [0.2, 0.25) is 5.91 Å². The number of unbranched alkanes of at least 4 members (excludes halogenated alkanes) is 1. The fourth-order valence-electron chi connectivity index (χ4n) is 2.05. The molecule has 0 radical (unpaired) electrons. The molecule has 0 saturated carbocycles. The Labute approximate surface area is 114 Å². The molecule has 0 spiro atoms. The first kappa shape index (κ1) is 14.8. The highest BCUT2D eigenvalue weighted by molar-refractivity contribution is 7.99. The van der Waals surface area contributed by atoms with Crippen molar-refractivity contribution in [1.82, 2.24) is 10.2 Å². The Hall–Kier alpha value is -0.290. The molecular weight excluding hydrogens is 252 g/mol.